The number of ether oxygens (including phenoxy) is 15. The molecule has 680 valence electrons. The summed E-state index contributed by atoms with van der Waals surface area (Å²) in [6, 6.07) is 53.0. The maximum absolute atomic E-state index is 10.4. The monoisotopic (exact) mass is 1760 g/mol. The molecule has 0 fully saturated rings. The average Bonchev–Trinajstić information content (AvgIpc) is 0.798. The van der Waals surface area contributed by atoms with Crippen LogP contribution in [0.3, 0.4) is 0 Å². The summed E-state index contributed by atoms with van der Waals surface area (Å²) in [7, 11) is -7.11. The first kappa shape index (κ1) is 57.6. The van der Waals surface area contributed by atoms with Gasteiger partial charge < -0.3 is 96.6 Å². The topological polar surface area (TPSA) is 240 Å². The summed E-state index contributed by atoms with van der Waals surface area (Å²) in [5.74, 6) is 0.810. The summed E-state index contributed by atoms with van der Waals surface area (Å²) < 4.78 is 389. The Labute approximate surface area is 800 Å². The van der Waals surface area contributed by atoms with Crippen molar-refractivity contribution in [1.29, 1.82) is 0 Å². The maximum atomic E-state index is 10.4. The Morgan fingerprint density at radius 1 is 0.232 bits per heavy atom. The van der Waals surface area contributed by atoms with Crippen LogP contribution < -0.4 is 71.1 Å². The standard InChI is InChI=1S/5C21H28O4/c5*1-16-7-6-10-19(13-16)25-15-18(22)9-5-4-8-17-11-12-20(23-2)21(14-17)24-3/h5*6-7,10-14,18,22H,4-5,8-9,15H2,1-3H3/i2D3,3D3,8D2,15D2,18D;2*3D3,8D2,15D2,18D;2D3,8D2,15D2,18D;8D2,15D2,18D. The third-order valence-electron chi connectivity index (χ3n) is 17.3. The first-order valence-electron chi connectivity index (χ1n) is 59.6. The average molecular weight is 1760 g/mol. The fraction of sp³-hybridized carbons (Fsp3) is 0.429. The van der Waals surface area contributed by atoms with E-state index < -0.39 is 161 Å². The fourth-order valence-electron chi connectivity index (χ4n) is 11.0. The Morgan fingerprint density at radius 2 is 0.408 bits per heavy atom. The van der Waals surface area contributed by atoms with Crippen molar-refractivity contribution in [1.82, 2.24) is 0 Å². The van der Waals surface area contributed by atoms with E-state index in [1.807, 2.05) is 13.0 Å². The third kappa shape index (κ3) is 41.1. The van der Waals surface area contributed by atoms with E-state index in [0.717, 1.165) is 39.9 Å². The molecule has 125 heavy (non-hydrogen) atoms. The predicted molar refractivity (Wildman–Crippen MR) is 499 cm³/mol. The molecule has 20 nitrogen and oxygen atoms in total. The molecule has 0 bridgehead atoms. The lowest BCUT2D eigenvalue weighted by atomic mass is 10.0. The molecular weight excluding hydrogens is 1580 g/mol. The van der Waals surface area contributed by atoms with Gasteiger partial charge in [-0.15, -0.1) is 0 Å². The number of hydrogen-bond donors (Lipinski definition) is 5. The van der Waals surface area contributed by atoms with Gasteiger partial charge in [0.2, 0.25) is 0 Å². The van der Waals surface area contributed by atoms with Crippen molar-refractivity contribution in [3.63, 3.8) is 0 Å². The highest BCUT2D eigenvalue weighted by atomic mass is 16.5. The van der Waals surface area contributed by atoms with Crippen LogP contribution in [0.15, 0.2) is 212 Å². The quantitative estimate of drug-likeness (QED) is 0.0238. The summed E-state index contributed by atoms with van der Waals surface area (Å²) >= 11 is 0. The van der Waals surface area contributed by atoms with Crippen molar-refractivity contribution < 1.29 is 151 Å². The molecular formula is C105H140O20. The van der Waals surface area contributed by atoms with Crippen LogP contribution in [-0.4, -0.2) is 159 Å². The van der Waals surface area contributed by atoms with Gasteiger partial charge in [-0.25, -0.2) is 0 Å². The van der Waals surface area contributed by atoms with Gasteiger partial charge in [0.05, 0.1) is 142 Å². The number of aryl methyl sites for hydroxylation is 10. The molecule has 0 amide bonds. The molecule has 0 saturated carbocycles. The molecule has 0 spiro atoms. The number of aliphatic hydroxyl groups is 5. The molecule has 0 heterocycles. The third-order valence-corrected chi connectivity index (χ3v) is 17.3. The van der Waals surface area contributed by atoms with Gasteiger partial charge in [0, 0.05) is 13.7 Å². The molecule has 0 aliphatic carbocycles. The summed E-state index contributed by atoms with van der Waals surface area (Å²) in [4.78, 5) is 0. The normalized spacial score (nSPS) is 19.5. The van der Waals surface area contributed by atoms with Crippen molar-refractivity contribution in [2.75, 3.05) is 104 Å². The van der Waals surface area contributed by atoms with E-state index in [0.29, 0.717) is 17.1 Å². The zero-order valence-electron chi connectivity index (χ0n) is 112. The largest absolute Gasteiger partial charge is 0.493 e. The highest BCUT2D eigenvalue weighted by molar-refractivity contribution is 5.47. The first-order chi connectivity index (χ1) is 75.3. The van der Waals surface area contributed by atoms with Crippen molar-refractivity contribution >= 4 is 0 Å². The van der Waals surface area contributed by atoms with Gasteiger partial charge >= 0.3 is 0 Å². The fourth-order valence-corrected chi connectivity index (χ4v) is 11.0. The minimum atomic E-state index is -2.96. The molecule has 5 unspecified atom stereocenters. The Hall–Kier alpha value is -11.0. The van der Waals surface area contributed by atoms with Gasteiger partial charge in [0.25, 0.3) is 0 Å². The molecule has 5 N–H and O–H groups in total. The lowest BCUT2D eigenvalue weighted by molar-refractivity contribution is 0.0976. The first-order valence-corrected chi connectivity index (χ1v) is 39.6. The molecule has 10 aromatic rings. The molecule has 10 aromatic carbocycles. The molecule has 0 saturated heterocycles. The molecule has 20 heteroatoms. The molecule has 0 radical (unpaired) electrons. The zero-order valence-corrected chi connectivity index (χ0v) is 71.7. The van der Waals surface area contributed by atoms with Crippen LogP contribution in [0, 0.1) is 34.6 Å². The maximum Gasteiger partial charge on any atom is 0.160 e. The molecule has 0 aromatic heterocycles. The lowest BCUT2D eigenvalue weighted by Crippen LogP contribution is -2.17. The Morgan fingerprint density at radius 3 is 0.584 bits per heavy atom. The molecule has 0 aliphatic rings. The van der Waals surface area contributed by atoms with Gasteiger partial charge in [-0.2, -0.15) is 0 Å². The Balaban J connectivity index is 0.000000313. The molecule has 10 rings (SSSR count). The van der Waals surface area contributed by atoms with Crippen LogP contribution in [0.4, 0.5) is 0 Å². The van der Waals surface area contributed by atoms with Crippen molar-refractivity contribution in [2.24, 2.45) is 0 Å². The Bertz CT molecular complexity index is 6340. The van der Waals surface area contributed by atoms with E-state index in [1.54, 1.807) is 137 Å². The second-order valence-electron chi connectivity index (χ2n) is 27.3. The van der Waals surface area contributed by atoms with Crippen LogP contribution in [-0.2, 0) is 31.9 Å². The second-order valence-corrected chi connectivity index (χ2v) is 27.3. The van der Waals surface area contributed by atoms with Gasteiger partial charge in [0.15, 0.2) is 57.5 Å². The van der Waals surface area contributed by atoms with Gasteiger partial charge in [-0.3, -0.25) is 0 Å². The zero-order chi connectivity index (χ0) is 125. The van der Waals surface area contributed by atoms with E-state index in [4.69, 9.17) is 126 Å². The second kappa shape index (κ2) is 59.8. The van der Waals surface area contributed by atoms with Gasteiger partial charge in [0.1, 0.15) is 61.5 Å². The van der Waals surface area contributed by atoms with Crippen molar-refractivity contribution in [3.8, 4) is 86.2 Å². The summed E-state index contributed by atoms with van der Waals surface area (Å²) in [6.45, 7) is -4.70. The van der Waals surface area contributed by atoms with Crippen LogP contribution >= 0.6 is 0 Å². The molecule has 0 aliphatic heterocycles. The minimum Gasteiger partial charge on any atom is -0.493 e. The highest BCUT2D eigenvalue weighted by Crippen LogP contribution is 2.34. The van der Waals surface area contributed by atoms with Crippen LogP contribution in [0.2, 0.25) is 0 Å². The van der Waals surface area contributed by atoms with Crippen LogP contribution in [0.1, 0.15) is 207 Å². The van der Waals surface area contributed by atoms with Gasteiger partial charge in [-0.1, -0.05) is 123 Å². The minimum absolute atomic E-state index is 0.0236. The van der Waals surface area contributed by atoms with E-state index >= 15 is 0 Å². The predicted octanol–water partition coefficient (Wildman–Crippen LogP) is 20.8. The van der Waals surface area contributed by atoms with E-state index in [2.05, 4.69) is 0 Å². The smallest absolute Gasteiger partial charge is 0.160 e. The van der Waals surface area contributed by atoms with E-state index in [1.165, 1.54) is 120 Å². The number of benzene rings is 10. The van der Waals surface area contributed by atoms with Crippen molar-refractivity contribution in [2.45, 2.75) is 193 Å². The van der Waals surface area contributed by atoms with Crippen molar-refractivity contribution in [3.05, 3.63) is 268 Å². The number of rotatable bonds is 50. The Kier molecular flexibility index (Phi) is 27.5. The molecule has 5 atom stereocenters. The number of hydrogen-bond acceptors (Lipinski definition) is 20. The number of methoxy groups -OCH3 is 10. The lowest BCUT2D eigenvalue weighted by Gasteiger charge is -2.13. The SMILES string of the molecule is [2H]C([2H])(CCCC([2H])(O)C([2H])([2H])Oc1cccc(C)c1)c1ccc(OC)c(OC)c1.[2H]C([2H])([2H])Oc1cc(C([2H])([2H])CCCC([2H])(O)C([2H])([2H])Oc2cccc(C)c2)ccc1OC.[2H]C([2H])([2H])Oc1cc(C([2H])([2H])CCCC([2H])(O)C([2H])([2H])Oc2cccc(C)c2)ccc1OC.[2H]C([2H])([2H])Oc1ccc(C([2H])([2H])CCCC([2H])(O)C([2H])([2H])Oc2cccc(C)c2)cc1OC.[2H]C([2H])([2H])Oc1ccc(C([2H])([2H])CCCC([2H])(O)C([2H])([2H])Oc2cccc(C)c2)cc1OC([2H])([2H])[2H]. The highest BCUT2D eigenvalue weighted by Gasteiger charge is 2.15. The van der Waals surface area contributed by atoms with Gasteiger partial charge in [-0.05, 0) is 308 Å². The van der Waals surface area contributed by atoms with E-state index in [-0.39, 0.29) is 163 Å². The summed E-state index contributed by atoms with van der Waals surface area (Å²) in [6.07, 6.45) is -25.9. The van der Waals surface area contributed by atoms with E-state index in [9.17, 15) is 25.5 Å². The summed E-state index contributed by atoms with van der Waals surface area (Å²) in [5.41, 5.74) is 4.87. The summed E-state index contributed by atoms with van der Waals surface area (Å²) in [5, 5.41) is 52.1. The van der Waals surface area contributed by atoms with Crippen LogP contribution in [0.5, 0.6) is 86.2 Å². The van der Waals surface area contributed by atoms with Crippen LogP contribution in [0.25, 0.3) is 0 Å².